The Hall–Kier alpha value is -3.18. The van der Waals surface area contributed by atoms with Crippen molar-refractivity contribution in [3.05, 3.63) is 48.6 Å². The van der Waals surface area contributed by atoms with Crippen LogP contribution in [0.15, 0.2) is 48.6 Å². The van der Waals surface area contributed by atoms with E-state index >= 15 is 0 Å². The number of esters is 1. The van der Waals surface area contributed by atoms with Gasteiger partial charge in [0.25, 0.3) is 0 Å². The molecule has 11 heteroatoms. The summed E-state index contributed by atoms with van der Waals surface area (Å²) in [5, 5.41) is 18.7. The van der Waals surface area contributed by atoms with Crippen molar-refractivity contribution in [3.8, 4) is 0 Å². The molecular weight excluding hydrogens is 506 g/mol. The first-order valence-corrected chi connectivity index (χ1v) is 13.9. The quantitative estimate of drug-likeness (QED) is 0.453. The first-order valence-electron chi connectivity index (χ1n) is 13.1. The van der Waals surface area contributed by atoms with Crippen LogP contribution in [0.25, 0.3) is 11.0 Å². The van der Waals surface area contributed by atoms with E-state index < -0.39 is 39.4 Å². The van der Waals surface area contributed by atoms with Crippen LogP contribution in [0.3, 0.4) is 0 Å². The molecule has 6 atom stereocenters. The molecule has 0 saturated carbocycles. The molecular formula is C27H31N5O5S. The van der Waals surface area contributed by atoms with Crippen LogP contribution in [0.1, 0.15) is 26.7 Å². The van der Waals surface area contributed by atoms with Gasteiger partial charge in [-0.25, -0.2) is 4.68 Å². The number of carbonyl (C=O) groups excluding carboxylic acids is 3. The summed E-state index contributed by atoms with van der Waals surface area (Å²) in [5.74, 6) is -2.46. The molecule has 2 fully saturated rings. The van der Waals surface area contributed by atoms with E-state index in [9.17, 15) is 19.5 Å². The lowest BCUT2D eigenvalue weighted by atomic mass is 9.74. The van der Waals surface area contributed by atoms with Gasteiger partial charge in [0.05, 0.1) is 41.4 Å². The van der Waals surface area contributed by atoms with E-state index in [2.05, 4.69) is 10.3 Å². The first kappa shape index (κ1) is 25.1. The molecule has 2 saturated heterocycles. The lowest BCUT2D eigenvalue weighted by molar-refractivity contribution is -0.154. The summed E-state index contributed by atoms with van der Waals surface area (Å²) in [5.41, 5.74) is 1.53. The average molecular weight is 538 g/mol. The fraction of sp³-hybridized carbons (Fsp3) is 0.519. The van der Waals surface area contributed by atoms with Crippen molar-refractivity contribution in [1.29, 1.82) is 0 Å². The third kappa shape index (κ3) is 3.54. The van der Waals surface area contributed by atoms with Gasteiger partial charge in [0.15, 0.2) is 0 Å². The zero-order valence-corrected chi connectivity index (χ0v) is 22.2. The van der Waals surface area contributed by atoms with Gasteiger partial charge >= 0.3 is 5.97 Å². The lowest BCUT2D eigenvalue weighted by Crippen LogP contribution is -2.56. The minimum absolute atomic E-state index is 0.159. The number of hydrogen-bond donors (Lipinski definition) is 1. The smallest absolute Gasteiger partial charge is 0.311 e. The molecule has 38 heavy (non-hydrogen) atoms. The van der Waals surface area contributed by atoms with E-state index in [4.69, 9.17) is 4.74 Å². The number of aromatic nitrogens is 3. The van der Waals surface area contributed by atoms with E-state index in [1.165, 1.54) is 11.8 Å². The Balaban J connectivity index is 1.45. The summed E-state index contributed by atoms with van der Waals surface area (Å²) in [6.45, 7) is 4.30. The fourth-order valence-corrected chi connectivity index (χ4v) is 8.73. The molecule has 1 aromatic carbocycles. The minimum atomic E-state index is -0.983. The van der Waals surface area contributed by atoms with Gasteiger partial charge < -0.3 is 19.6 Å². The second-order valence-corrected chi connectivity index (χ2v) is 12.3. The monoisotopic (exact) mass is 537 g/mol. The maximum atomic E-state index is 14.4. The van der Waals surface area contributed by atoms with Crippen molar-refractivity contribution in [2.24, 2.45) is 11.8 Å². The van der Waals surface area contributed by atoms with Crippen molar-refractivity contribution in [1.82, 2.24) is 24.8 Å². The van der Waals surface area contributed by atoms with Crippen LogP contribution in [-0.4, -0.2) is 89.0 Å². The van der Waals surface area contributed by atoms with Crippen LogP contribution < -0.4 is 0 Å². The topological polar surface area (TPSA) is 118 Å². The number of fused-ring (bicyclic) bond motifs is 3. The van der Waals surface area contributed by atoms with Crippen molar-refractivity contribution in [2.45, 2.75) is 54.9 Å². The van der Waals surface area contributed by atoms with Gasteiger partial charge in [-0.15, -0.1) is 16.9 Å². The Morgan fingerprint density at radius 1 is 1.16 bits per heavy atom. The number of amides is 2. The molecule has 2 aromatic rings. The zero-order valence-electron chi connectivity index (χ0n) is 21.4. The lowest BCUT2D eigenvalue weighted by Gasteiger charge is -2.39. The van der Waals surface area contributed by atoms with Gasteiger partial charge in [-0.1, -0.05) is 48.6 Å². The number of para-hydroxylation sites is 1. The third-order valence-electron chi connectivity index (χ3n) is 8.34. The van der Waals surface area contributed by atoms with Gasteiger partial charge in [0.2, 0.25) is 11.8 Å². The van der Waals surface area contributed by atoms with Crippen LogP contribution in [-0.2, 0) is 25.8 Å². The van der Waals surface area contributed by atoms with E-state index in [-0.39, 0.29) is 31.7 Å². The Morgan fingerprint density at radius 2 is 1.97 bits per heavy atom. The number of nitrogens with zero attached hydrogens (tertiary/aromatic N) is 5. The Morgan fingerprint density at radius 3 is 2.76 bits per heavy atom. The van der Waals surface area contributed by atoms with E-state index in [1.807, 2.05) is 62.4 Å². The molecule has 4 aliphatic heterocycles. The molecule has 0 bridgehead atoms. The Kier molecular flexibility index (Phi) is 6.10. The second kappa shape index (κ2) is 9.23. The van der Waals surface area contributed by atoms with Crippen LogP contribution in [0.4, 0.5) is 0 Å². The van der Waals surface area contributed by atoms with Gasteiger partial charge in [-0.2, -0.15) is 0 Å². The zero-order chi connectivity index (χ0) is 26.7. The highest BCUT2D eigenvalue weighted by Crippen LogP contribution is 2.65. The summed E-state index contributed by atoms with van der Waals surface area (Å²) >= 11 is 1.50. The third-order valence-corrected chi connectivity index (χ3v) is 10.1. The second-order valence-electron chi connectivity index (χ2n) is 10.5. The Bertz CT molecular complexity index is 1350. The molecule has 1 N–H and O–H groups in total. The number of likely N-dealkylation sites (tertiary alicyclic amines) is 1. The molecule has 1 spiro atoms. The average Bonchev–Trinajstić information content (AvgIpc) is 3.46. The molecule has 2 amide bonds. The number of aliphatic hydroxyl groups is 1. The van der Waals surface area contributed by atoms with Crippen LogP contribution in [0, 0.1) is 11.8 Å². The number of benzene rings is 1. The molecule has 0 radical (unpaired) electrons. The predicted octanol–water partition coefficient (Wildman–Crippen LogP) is 1.75. The van der Waals surface area contributed by atoms with Crippen LogP contribution in [0.2, 0.25) is 0 Å². The van der Waals surface area contributed by atoms with E-state index in [0.29, 0.717) is 19.4 Å². The van der Waals surface area contributed by atoms with Gasteiger partial charge in [0.1, 0.15) is 18.2 Å². The standard InChI is InChI=1S/C27H31N5O5S/c1-3-17(15-33)32-22-24(35)30(16-31-19-10-5-4-9-18(19)28-29-31)13-8-12-27(22)20(23(32)34)21-25(36)37-14-7-6-11-26(21,2)38-27/h4-6,8-12,17,20-22,33H,3,7,13-16H2,1-2H3/t17-,20-,21+,22?,26-,27-/m0/s1. The van der Waals surface area contributed by atoms with E-state index in [0.717, 1.165) is 11.0 Å². The highest BCUT2D eigenvalue weighted by Gasteiger charge is 2.74. The van der Waals surface area contributed by atoms with E-state index in [1.54, 1.807) is 14.5 Å². The number of thioether (sulfide) groups is 1. The highest BCUT2D eigenvalue weighted by atomic mass is 32.2. The van der Waals surface area contributed by atoms with Crippen molar-refractivity contribution in [3.63, 3.8) is 0 Å². The highest BCUT2D eigenvalue weighted by molar-refractivity contribution is 8.02. The number of aliphatic hydroxyl groups excluding tert-OH is 1. The van der Waals surface area contributed by atoms with Gasteiger partial charge in [0, 0.05) is 11.3 Å². The summed E-state index contributed by atoms with van der Waals surface area (Å²) < 4.78 is 5.55. The molecule has 0 aliphatic carbocycles. The Labute approximate surface area is 224 Å². The van der Waals surface area contributed by atoms with Crippen molar-refractivity contribution >= 4 is 40.6 Å². The SMILES string of the molecule is CC[C@@H](CO)N1C(=O)[C@@H]2[C@@H]3C(=O)OCCC=C[C@]3(C)S[C@@]23C=CCN(Cn2nnc4ccccc42)C(=O)C13. The number of cyclic esters (lactones) is 1. The molecule has 10 nitrogen and oxygen atoms in total. The summed E-state index contributed by atoms with van der Waals surface area (Å²) in [7, 11) is 0. The molecule has 4 aliphatic rings. The summed E-state index contributed by atoms with van der Waals surface area (Å²) in [6.07, 6.45) is 8.97. The molecule has 5 heterocycles. The normalized spacial score (nSPS) is 33.4. The molecule has 200 valence electrons. The fourth-order valence-electron chi connectivity index (χ4n) is 6.59. The minimum Gasteiger partial charge on any atom is -0.465 e. The summed E-state index contributed by atoms with van der Waals surface area (Å²) in [6, 6.07) is 6.10. The molecule has 1 aromatic heterocycles. The first-order chi connectivity index (χ1) is 18.3. The molecule has 1 unspecified atom stereocenters. The van der Waals surface area contributed by atoms with Crippen LogP contribution in [0.5, 0.6) is 0 Å². The van der Waals surface area contributed by atoms with Gasteiger partial charge in [-0.05, 0) is 31.9 Å². The maximum Gasteiger partial charge on any atom is 0.311 e. The number of carbonyl (C=O) groups is 3. The summed E-state index contributed by atoms with van der Waals surface area (Å²) in [4.78, 5) is 45.3. The van der Waals surface area contributed by atoms with Crippen molar-refractivity contribution < 1.29 is 24.2 Å². The van der Waals surface area contributed by atoms with Crippen molar-refractivity contribution in [2.75, 3.05) is 19.8 Å². The number of hydrogen-bond acceptors (Lipinski definition) is 8. The number of ether oxygens (including phenoxy) is 1. The molecule has 6 rings (SSSR count). The van der Waals surface area contributed by atoms with Crippen LogP contribution >= 0.6 is 11.8 Å². The predicted molar refractivity (Wildman–Crippen MR) is 141 cm³/mol. The van der Waals surface area contributed by atoms with Gasteiger partial charge in [-0.3, -0.25) is 14.4 Å². The largest absolute Gasteiger partial charge is 0.465 e. The maximum absolute atomic E-state index is 14.4. The number of rotatable bonds is 5.